The van der Waals surface area contributed by atoms with Crippen molar-refractivity contribution in [2.75, 3.05) is 25.5 Å². The fourth-order valence-corrected chi connectivity index (χ4v) is 4.88. The third kappa shape index (κ3) is 5.27. The van der Waals surface area contributed by atoms with Crippen LogP contribution in [0.3, 0.4) is 0 Å². The average Bonchev–Trinajstić information content (AvgIpc) is 3.52. The molecule has 0 atom stereocenters. The maximum atomic E-state index is 5.07. The zero-order valence-electron chi connectivity index (χ0n) is 20.7. The van der Waals surface area contributed by atoms with Crippen molar-refractivity contribution in [3.8, 4) is 22.6 Å². The van der Waals surface area contributed by atoms with Crippen LogP contribution >= 0.6 is 11.5 Å². The SMILES string of the molecule is CNCCNCc1cccc(-c2nc(Nc3cnn(C4CC4)c3)c(C)c(-c3c(C)nsc3C)n2)c1. The van der Waals surface area contributed by atoms with Gasteiger partial charge >= 0.3 is 0 Å². The number of likely N-dealkylation sites (N-methyl/N-ethyl adjacent to an activating group) is 1. The van der Waals surface area contributed by atoms with Gasteiger partial charge in [-0.1, -0.05) is 18.2 Å². The van der Waals surface area contributed by atoms with Crippen LogP contribution in [0.4, 0.5) is 11.5 Å². The fourth-order valence-electron chi connectivity index (χ4n) is 4.18. The van der Waals surface area contributed by atoms with E-state index in [0.29, 0.717) is 11.9 Å². The minimum Gasteiger partial charge on any atom is -0.337 e. The predicted octanol–water partition coefficient (Wildman–Crippen LogP) is 4.78. The number of nitrogens with one attached hydrogen (secondary N) is 3. The quantitative estimate of drug-likeness (QED) is 0.277. The number of hydrogen-bond donors (Lipinski definition) is 3. The number of aryl methyl sites for hydroxylation is 2. The third-order valence-electron chi connectivity index (χ3n) is 6.27. The van der Waals surface area contributed by atoms with Crippen LogP contribution < -0.4 is 16.0 Å². The van der Waals surface area contributed by atoms with Crippen molar-refractivity contribution in [2.45, 2.75) is 46.2 Å². The lowest BCUT2D eigenvalue weighted by Gasteiger charge is -2.15. The van der Waals surface area contributed by atoms with Gasteiger partial charge in [0.05, 0.1) is 29.3 Å². The molecule has 35 heavy (non-hydrogen) atoms. The van der Waals surface area contributed by atoms with Crippen molar-refractivity contribution in [1.29, 1.82) is 0 Å². The van der Waals surface area contributed by atoms with Crippen molar-refractivity contribution >= 4 is 23.0 Å². The molecule has 0 saturated heterocycles. The number of nitrogens with zero attached hydrogens (tertiary/aromatic N) is 5. The lowest BCUT2D eigenvalue weighted by molar-refractivity contribution is 0.642. The van der Waals surface area contributed by atoms with Gasteiger partial charge in [0.25, 0.3) is 0 Å². The molecule has 0 unspecified atom stereocenters. The van der Waals surface area contributed by atoms with Crippen LogP contribution in [0.1, 0.15) is 40.6 Å². The summed E-state index contributed by atoms with van der Waals surface area (Å²) in [6.45, 7) is 8.87. The Morgan fingerprint density at radius 1 is 1.11 bits per heavy atom. The Morgan fingerprint density at radius 3 is 2.71 bits per heavy atom. The summed E-state index contributed by atoms with van der Waals surface area (Å²) in [4.78, 5) is 11.2. The van der Waals surface area contributed by atoms with E-state index < -0.39 is 0 Å². The molecule has 1 aliphatic rings. The molecule has 3 N–H and O–H groups in total. The second-order valence-corrected chi connectivity index (χ2v) is 10.1. The standard InChI is InChI=1S/C26H32N8S/c1-16-24(23-17(2)33-35-18(23)3)31-26(20-7-5-6-19(12-20)13-28-11-10-27-4)32-25(16)30-21-14-29-34(15-21)22-8-9-22/h5-7,12,14-15,22,27-28H,8-11,13H2,1-4H3,(H,30,31,32). The van der Waals surface area contributed by atoms with Gasteiger partial charge in [0.15, 0.2) is 5.82 Å². The van der Waals surface area contributed by atoms with Crippen LogP contribution in [0.2, 0.25) is 0 Å². The minimum atomic E-state index is 0.537. The molecule has 4 aromatic rings. The summed E-state index contributed by atoms with van der Waals surface area (Å²) in [6, 6.07) is 8.98. The topological polar surface area (TPSA) is 92.6 Å². The molecule has 0 amide bonds. The van der Waals surface area contributed by atoms with E-state index in [-0.39, 0.29) is 0 Å². The van der Waals surface area contributed by atoms with Crippen molar-refractivity contribution < 1.29 is 0 Å². The summed E-state index contributed by atoms with van der Waals surface area (Å²) in [5.74, 6) is 1.49. The van der Waals surface area contributed by atoms with E-state index in [0.717, 1.165) is 64.1 Å². The number of benzene rings is 1. The molecule has 0 bridgehead atoms. The highest BCUT2D eigenvalue weighted by Gasteiger charge is 2.25. The van der Waals surface area contributed by atoms with E-state index in [2.05, 4.69) is 69.7 Å². The van der Waals surface area contributed by atoms with Crippen LogP contribution in [0.15, 0.2) is 36.7 Å². The Labute approximate surface area is 210 Å². The second-order valence-electron chi connectivity index (χ2n) is 9.11. The Hall–Kier alpha value is -3.14. The minimum absolute atomic E-state index is 0.537. The molecule has 182 valence electrons. The maximum Gasteiger partial charge on any atom is 0.162 e. The molecule has 5 rings (SSSR count). The van der Waals surface area contributed by atoms with E-state index >= 15 is 0 Å². The molecule has 9 heteroatoms. The largest absolute Gasteiger partial charge is 0.337 e. The molecule has 0 aliphatic heterocycles. The van der Waals surface area contributed by atoms with Crippen LogP contribution in [-0.2, 0) is 6.54 Å². The first kappa shape index (κ1) is 23.6. The van der Waals surface area contributed by atoms with Gasteiger partial charge in [-0.05, 0) is 63.8 Å². The van der Waals surface area contributed by atoms with Crippen LogP contribution in [-0.4, -0.2) is 44.3 Å². The summed E-state index contributed by atoms with van der Waals surface area (Å²) in [5.41, 5.74) is 7.16. The summed E-state index contributed by atoms with van der Waals surface area (Å²) in [6.07, 6.45) is 6.34. The highest BCUT2D eigenvalue weighted by Crippen LogP contribution is 2.37. The number of aromatic nitrogens is 5. The number of hydrogen-bond acceptors (Lipinski definition) is 8. The number of rotatable bonds is 10. The predicted molar refractivity (Wildman–Crippen MR) is 142 cm³/mol. The monoisotopic (exact) mass is 488 g/mol. The van der Waals surface area contributed by atoms with Gasteiger partial charge in [-0.25, -0.2) is 9.97 Å². The highest BCUT2D eigenvalue weighted by atomic mass is 32.1. The van der Waals surface area contributed by atoms with Crippen molar-refractivity contribution in [2.24, 2.45) is 0 Å². The van der Waals surface area contributed by atoms with Crippen molar-refractivity contribution in [1.82, 2.24) is 34.8 Å². The first-order valence-corrected chi connectivity index (χ1v) is 12.9. The zero-order chi connectivity index (χ0) is 24.4. The van der Waals surface area contributed by atoms with Gasteiger partial charge in [-0.15, -0.1) is 0 Å². The molecule has 3 heterocycles. The van der Waals surface area contributed by atoms with Crippen molar-refractivity contribution in [3.05, 3.63) is 58.4 Å². The van der Waals surface area contributed by atoms with Gasteiger partial charge in [0.1, 0.15) is 5.82 Å². The Balaban J connectivity index is 1.53. The van der Waals surface area contributed by atoms with E-state index in [4.69, 9.17) is 9.97 Å². The Kier molecular flexibility index (Phi) is 6.90. The van der Waals surface area contributed by atoms with E-state index in [9.17, 15) is 0 Å². The second kappa shape index (κ2) is 10.2. The Morgan fingerprint density at radius 2 is 1.97 bits per heavy atom. The molecule has 0 radical (unpaired) electrons. The lowest BCUT2D eigenvalue weighted by atomic mass is 10.0. The van der Waals surface area contributed by atoms with E-state index in [1.807, 2.05) is 24.9 Å². The normalized spacial score (nSPS) is 13.4. The molecule has 1 aliphatic carbocycles. The molecule has 0 spiro atoms. The maximum absolute atomic E-state index is 5.07. The van der Waals surface area contributed by atoms with Crippen LogP contribution in [0.25, 0.3) is 22.6 Å². The molecule has 8 nitrogen and oxygen atoms in total. The number of anilines is 2. The van der Waals surface area contributed by atoms with Gasteiger partial charge in [0, 0.05) is 47.4 Å². The summed E-state index contributed by atoms with van der Waals surface area (Å²) < 4.78 is 6.62. The zero-order valence-corrected chi connectivity index (χ0v) is 21.5. The van der Waals surface area contributed by atoms with Gasteiger partial charge < -0.3 is 16.0 Å². The molecular formula is C26H32N8S. The fraction of sp³-hybridized carbons (Fsp3) is 0.385. The van der Waals surface area contributed by atoms with E-state index in [1.165, 1.54) is 29.9 Å². The van der Waals surface area contributed by atoms with Gasteiger partial charge in [0.2, 0.25) is 0 Å². The smallest absolute Gasteiger partial charge is 0.162 e. The molecule has 1 fully saturated rings. The van der Waals surface area contributed by atoms with Crippen molar-refractivity contribution in [3.63, 3.8) is 0 Å². The summed E-state index contributed by atoms with van der Waals surface area (Å²) >= 11 is 1.52. The van der Waals surface area contributed by atoms with Gasteiger partial charge in [-0.2, -0.15) is 9.47 Å². The highest BCUT2D eigenvalue weighted by molar-refractivity contribution is 7.06. The van der Waals surface area contributed by atoms with Crippen LogP contribution in [0, 0.1) is 20.8 Å². The van der Waals surface area contributed by atoms with E-state index in [1.54, 1.807) is 0 Å². The average molecular weight is 489 g/mol. The lowest BCUT2D eigenvalue weighted by Crippen LogP contribution is -2.24. The first-order valence-electron chi connectivity index (χ1n) is 12.1. The molecule has 1 saturated carbocycles. The summed E-state index contributed by atoms with van der Waals surface area (Å²) in [7, 11) is 1.96. The summed E-state index contributed by atoms with van der Waals surface area (Å²) in [5, 5.41) is 14.7. The third-order valence-corrected chi connectivity index (χ3v) is 7.11. The molecular weight excluding hydrogens is 456 g/mol. The van der Waals surface area contributed by atoms with Gasteiger partial charge in [-0.3, -0.25) is 4.68 Å². The van der Waals surface area contributed by atoms with Crippen LogP contribution in [0.5, 0.6) is 0 Å². The Bertz CT molecular complexity index is 1300. The molecule has 1 aromatic carbocycles. The first-order chi connectivity index (χ1) is 17.0. The molecule has 3 aromatic heterocycles.